The highest BCUT2D eigenvalue weighted by Crippen LogP contribution is 2.58. The normalized spacial score (nSPS) is 28.3. The van der Waals surface area contributed by atoms with E-state index in [1.807, 2.05) is 6.92 Å². The molecule has 0 radical (unpaired) electrons. The van der Waals surface area contributed by atoms with Crippen LogP contribution in [-0.2, 0) is 4.79 Å². The van der Waals surface area contributed by atoms with Gasteiger partial charge in [-0.05, 0) is 77.7 Å². The lowest BCUT2D eigenvalue weighted by atomic mass is 9.56. The van der Waals surface area contributed by atoms with E-state index in [4.69, 9.17) is 0 Å². The number of hydrogen-bond acceptors (Lipinski definition) is 3. The van der Waals surface area contributed by atoms with Crippen LogP contribution in [0.15, 0.2) is 97.1 Å². The monoisotopic (exact) mass is 530 g/mol. The maximum Gasteiger partial charge on any atom is 0.149 e. The molecule has 2 saturated heterocycles. The Bertz CT molecular complexity index is 1380. The summed E-state index contributed by atoms with van der Waals surface area (Å²) in [6, 6.07) is 21.9. The van der Waals surface area contributed by atoms with Gasteiger partial charge in [0.1, 0.15) is 29.1 Å². The van der Waals surface area contributed by atoms with Gasteiger partial charge in [-0.2, -0.15) is 0 Å². The first-order valence-electron chi connectivity index (χ1n) is 12.8. The van der Waals surface area contributed by atoms with E-state index in [0.717, 1.165) is 11.1 Å². The van der Waals surface area contributed by atoms with Gasteiger partial charge in [-0.1, -0.05) is 48.5 Å². The van der Waals surface area contributed by atoms with Gasteiger partial charge in [0.15, 0.2) is 0 Å². The van der Waals surface area contributed by atoms with E-state index >= 15 is 0 Å². The fourth-order valence-electron chi connectivity index (χ4n) is 6.36. The third-order valence-corrected chi connectivity index (χ3v) is 8.31. The summed E-state index contributed by atoms with van der Waals surface area (Å²) in [7, 11) is 0. The maximum atomic E-state index is 14.8. The topological polar surface area (TPSA) is 41.1 Å². The smallest absolute Gasteiger partial charge is 0.149 e. The molecule has 2 N–H and O–H groups in total. The summed E-state index contributed by atoms with van der Waals surface area (Å²) in [5.74, 6) is -2.27. The molecule has 4 aromatic rings. The number of Topliss-reactive ketones (excluding diaryl/α,β-unsaturated/α-hetero) is 1. The summed E-state index contributed by atoms with van der Waals surface area (Å²) < 4.78 is 55.6. The van der Waals surface area contributed by atoms with Gasteiger partial charge in [0.2, 0.25) is 0 Å². The Hall–Kier alpha value is -3.81. The molecule has 2 bridgehead atoms. The summed E-state index contributed by atoms with van der Waals surface area (Å²) in [5, 5.41) is 7.33. The average molecular weight is 531 g/mol. The Balaban J connectivity index is 1.55. The zero-order valence-electron chi connectivity index (χ0n) is 21.0. The minimum absolute atomic E-state index is 0.0488. The summed E-state index contributed by atoms with van der Waals surface area (Å²) in [4.78, 5) is 14.8. The molecule has 198 valence electrons. The van der Waals surface area contributed by atoms with Crippen molar-refractivity contribution in [2.45, 2.75) is 31.1 Å². The number of piperidine rings is 2. The van der Waals surface area contributed by atoms with Gasteiger partial charge in [-0.3, -0.25) is 4.79 Å². The second kappa shape index (κ2) is 9.74. The molecule has 2 aliphatic rings. The van der Waals surface area contributed by atoms with Crippen LogP contribution in [0.1, 0.15) is 53.3 Å². The number of halogens is 4. The van der Waals surface area contributed by atoms with Gasteiger partial charge in [-0.15, -0.1) is 0 Å². The van der Waals surface area contributed by atoms with Crippen LogP contribution >= 0.6 is 0 Å². The average Bonchev–Trinajstić information content (AvgIpc) is 2.93. The van der Waals surface area contributed by atoms with Gasteiger partial charge in [0.05, 0.1) is 11.3 Å². The van der Waals surface area contributed by atoms with Crippen LogP contribution in [0.25, 0.3) is 0 Å². The van der Waals surface area contributed by atoms with Crippen molar-refractivity contribution in [2.75, 3.05) is 0 Å². The first-order chi connectivity index (χ1) is 18.8. The van der Waals surface area contributed by atoms with Crippen LogP contribution in [0, 0.1) is 34.6 Å². The lowest BCUT2D eigenvalue weighted by Gasteiger charge is -2.58. The number of benzene rings is 4. The van der Waals surface area contributed by atoms with E-state index in [1.165, 1.54) is 48.5 Å². The Kier molecular flexibility index (Phi) is 6.36. The molecule has 4 atom stereocenters. The zero-order chi connectivity index (χ0) is 27.3. The van der Waals surface area contributed by atoms with Crippen LogP contribution in [-0.4, -0.2) is 5.78 Å². The molecule has 0 aliphatic carbocycles. The van der Waals surface area contributed by atoms with Crippen molar-refractivity contribution >= 4 is 5.78 Å². The lowest BCUT2D eigenvalue weighted by Crippen LogP contribution is -2.65. The number of nitrogens with one attached hydrogen (secondary N) is 2. The van der Waals surface area contributed by atoms with Gasteiger partial charge in [0, 0.05) is 24.2 Å². The predicted octanol–water partition coefficient (Wildman–Crippen LogP) is 6.91. The molecule has 6 rings (SSSR count). The lowest BCUT2D eigenvalue weighted by molar-refractivity contribution is -0.150. The number of rotatable bonds is 4. The summed E-state index contributed by atoms with van der Waals surface area (Å²) in [6.07, 6.45) is 0. The molecular weight excluding hydrogens is 504 g/mol. The molecule has 0 amide bonds. The number of ketones is 1. The molecule has 2 aliphatic heterocycles. The second-order valence-corrected chi connectivity index (χ2v) is 10.5. The van der Waals surface area contributed by atoms with Crippen molar-refractivity contribution in [1.29, 1.82) is 0 Å². The van der Waals surface area contributed by atoms with Crippen molar-refractivity contribution in [3.05, 3.63) is 143 Å². The van der Waals surface area contributed by atoms with E-state index < -0.39 is 58.8 Å². The highest BCUT2D eigenvalue weighted by atomic mass is 19.1. The molecule has 3 nitrogen and oxygen atoms in total. The molecule has 4 unspecified atom stereocenters. The third kappa shape index (κ3) is 4.36. The Morgan fingerprint density at radius 1 is 0.513 bits per heavy atom. The summed E-state index contributed by atoms with van der Waals surface area (Å²) in [6.45, 7) is 1.87. The van der Waals surface area contributed by atoms with Gasteiger partial charge < -0.3 is 10.6 Å². The van der Waals surface area contributed by atoms with Crippen LogP contribution in [0.3, 0.4) is 0 Å². The highest BCUT2D eigenvalue weighted by molar-refractivity contribution is 5.92. The fraction of sp³-hybridized carbons (Fsp3) is 0.219. The summed E-state index contributed by atoms with van der Waals surface area (Å²) in [5.41, 5.74) is 1.79. The molecule has 0 spiro atoms. The Morgan fingerprint density at radius 2 is 0.795 bits per heavy atom. The number of hydrogen-bond donors (Lipinski definition) is 2. The molecule has 7 heteroatoms. The first-order valence-corrected chi connectivity index (χ1v) is 12.8. The fourth-order valence-corrected chi connectivity index (χ4v) is 6.36. The number of carbonyl (C=O) groups is 1. The minimum atomic E-state index is -1.08. The van der Waals surface area contributed by atoms with Crippen LogP contribution in [0.2, 0.25) is 0 Å². The van der Waals surface area contributed by atoms with Crippen molar-refractivity contribution in [3.8, 4) is 0 Å². The Labute approximate surface area is 223 Å². The van der Waals surface area contributed by atoms with E-state index in [1.54, 1.807) is 48.5 Å². The quantitative estimate of drug-likeness (QED) is 0.282. The van der Waals surface area contributed by atoms with E-state index in [2.05, 4.69) is 10.6 Å². The SMILES string of the molecule is CC12C(=O)C(C(c3ccc(F)cc3)NC1c1ccc(F)cc1)C(c1ccc(F)cc1)NC2c1ccc(F)cc1. The van der Waals surface area contributed by atoms with Gasteiger partial charge in [-0.25, -0.2) is 17.6 Å². The standard InChI is InChI=1S/C32H26F4N2O/c1-32-29(20-6-14-24(35)15-7-20)37-27(18-2-10-22(33)11-3-18)26(31(32)39)28(19-4-12-23(34)13-5-19)38-30(32)21-8-16-25(36)17-9-21/h2-17,26-30,37-38H,1H3. The molecule has 2 heterocycles. The zero-order valence-corrected chi connectivity index (χ0v) is 21.0. The van der Waals surface area contributed by atoms with Gasteiger partial charge >= 0.3 is 0 Å². The number of carbonyl (C=O) groups excluding carboxylic acids is 1. The molecule has 2 fully saturated rings. The highest BCUT2D eigenvalue weighted by Gasteiger charge is 2.62. The van der Waals surface area contributed by atoms with E-state index in [-0.39, 0.29) is 5.78 Å². The molecule has 4 aromatic carbocycles. The van der Waals surface area contributed by atoms with Crippen LogP contribution in [0.4, 0.5) is 17.6 Å². The molecule has 0 aromatic heterocycles. The number of fused-ring (bicyclic) bond motifs is 2. The van der Waals surface area contributed by atoms with Crippen molar-refractivity contribution < 1.29 is 22.4 Å². The molecule has 39 heavy (non-hydrogen) atoms. The largest absolute Gasteiger partial charge is 0.301 e. The predicted molar refractivity (Wildman–Crippen MR) is 139 cm³/mol. The maximum absolute atomic E-state index is 14.8. The van der Waals surface area contributed by atoms with Crippen molar-refractivity contribution in [3.63, 3.8) is 0 Å². The summed E-state index contributed by atoms with van der Waals surface area (Å²) >= 11 is 0. The third-order valence-electron chi connectivity index (χ3n) is 8.31. The van der Waals surface area contributed by atoms with Gasteiger partial charge in [0.25, 0.3) is 0 Å². The second-order valence-electron chi connectivity index (χ2n) is 10.5. The Morgan fingerprint density at radius 3 is 1.10 bits per heavy atom. The van der Waals surface area contributed by atoms with E-state index in [0.29, 0.717) is 11.1 Å². The van der Waals surface area contributed by atoms with Crippen molar-refractivity contribution in [2.24, 2.45) is 11.3 Å². The molecular formula is C32H26F4N2O. The first kappa shape index (κ1) is 25.5. The minimum Gasteiger partial charge on any atom is -0.301 e. The van der Waals surface area contributed by atoms with Crippen LogP contribution < -0.4 is 10.6 Å². The van der Waals surface area contributed by atoms with E-state index in [9.17, 15) is 22.4 Å². The van der Waals surface area contributed by atoms with Crippen molar-refractivity contribution in [1.82, 2.24) is 10.6 Å². The molecule has 0 saturated carbocycles. The van der Waals surface area contributed by atoms with Crippen LogP contribution in [0.5, 0.6) is 0 Å².